The van der Waals surface area contributed by atoms with Gasteiger partial charge < -0.3 is 19.5 Å². The summed E-state index contributed by atoms with van der Waals surface area (Å²) >= 11 is 0. The van der Waals surface area contributed by atoms with Crippen LogP contribution in [0.15, 0.2) is 36.4 Å². The summed E-state index contributed by atoms with van der Waals surface area (Å²) in [6.07, 6.45) is 4.86. The summed E-state index contributed by atoms with van der Waals surface area (Å²) < 4.78 is 20.5. The fourth-order valence-corrected chi connectivity index (χ4v) is 5.68. The molecule has 1 aliphatic rings. The van der Waals surface area contributed by atoms with Gasteiger partial charge in [-0.2, -0.15) is 4.52 Å². The summed E-state index contributed by atoms with van der Waals surface area (Å²) in [4.78, 5) is 9.91. The van der Waals surface area contributed by atoms with Gasteiger partial charge in [-0.15, -0.1) is 10.2 Å². The molecule has 2 aromatic carbocycles. The van der Waals surface area contributed by atoms with Crippen molar-refractivity contribution in [3.8, 4) is 17.2 Å². The number of hydrogen-bond donors (Lipinski definition) is 1. The Morgan fingerprint density at radius 3 is 2.66 bits per heavy atom. The SMILES string of the molecule is COc1ccc(CNc2nc3c(OC)cccc3c3nc(CC[C@H]4CCc5c(nnn5C(C)C)C4)nn23)c(OC)c1. The van der Waals surface area contributed by atoms with Gasteiger partial charge in [0, 0.05) is 36.0 Å². The second-order valence-corrected chi connectivity index (χ2v) is 10.8. The molecule has 0 saturated carbocycles. The van der Waals surface area contributed by atoms with Crippen LogP contribution in [0.3, 0.4) is 0 Å². The average Bonchev–Trinajstić information content (AvgIpc) is 3.63. The van der Waals surface area contributed by atoms with Crippen LogP contribution in [0.2, 0.25) is 0 Å². The molecule has 6 rings (SSSR count). The maximum Gasteiger partial charge on any atom is 0.226 e. The van der Waals surface area contributed by atoms with E-state index in [9.17, 15) is 0 Å². The highest BCUT2D eigenvalue weighted by atomic mass is 16.5. The molecule has 1 N–H and O–H groups in total. The van der Waals surface area contributed by atoms with E-state index in [-0.39, 0.29) is 0 Å². The van der Waals surface area contributed by atoms with Gasteiger partial charge in [-0.1, -0.05) is 11.3 Å². The third-order valence-corrected chi connectivity index (χ3v) is 7.87. The summed E-state index contributed by atoms with van der Waals surface area (Å²) in [7, 11) is 4.94. The van der Waals surface area contributed by atoms with Crippen molar-refractivity contribution >= 4 is 22.5 Å². The fraction of sp³-hybridized carbons (Fsp3) is 0.433. The monoisotopic (exact) mass is 556 g/mol. The summed E-state index contributed by atoms with van der Waals surface area (Å²) in [5.41, 5.74) is 4.88. The van der Waals surface area contributed by atoms with Crippen molar-refractivity contribution in [2.75, 3.05) is 26.6 Å². The van der Waals surface area contributed by atoms with Gasteiger partial charge in [-0.25, -0.2) is 14.6 Å². The largest absolute Gasteiger partial charge is 0.497 e. The van der Waals surface area contributed by atoms with Crippen LogP contribution >= 0.6 is 0 Å². The summed E-state index contributed by atoms with van der Waals surface area (Å²) in [5.74, 6) is 4.06. The molecule has 0 amide bonds. The number of aromatic nitrogens is 7. The van der Waals surface area contributed by atoms with Crippen LogP contribution in [-0.2, 0) is 25.8 Å². The maximum atomic E-state index is 5.64. The van der Waals surface area contributed by atoms with Gasteiger partial charge in [0.15, 0.2) is 11.5 Å². The van der Waals surface area contributed by atoms with Gasteiger partial charge in [-0.05, 0) is 69.7 Å². The second-order valence-electron chi connectivity index (χ2n) is 10.8. The zero-order valence-corrected chi connectivity index (χ0v) is 24.2. The van der Waals surface area contributed by atoms with E-state index in [0.717, 1.165) is 77.2 Å². The van der Waals surface area contributed by atoms with Crippen molar-refractivity contribution in [1.29, 1.82) is 0 Å². The third-order valence-electron chi connectivity index (χ3n) is 7.87. The predicted octanol–water partition coefficient (Wildman–Crippen LogP) is 4.83. The van der Waals surface area contributed by atoms with E-state index in [2.05, 4.69) is 34.2 Å². The van der Waals surface area contributed by atoms with Gasteiger partial charge in [-0.3, -0.25) is 0 Å². The molecule has 214 valence electrons. The molecule has 11 heteroatoms. The molecule has 41 heavy (non-hydrogen) atoms. The van der Waals surface area contributed by atoms with Crippen LogP contribution in [0.4, 0.5) is 5.95 Å². The van der Waals surface area contributed by atoms with Gasteiger partial charge >= 0.3 is 0 Å². The van der Waals surface area contributed by atoms with Crippen LogP contribution in [0.25, 0.3) is 16.6 Å². The molecule has 0 aliphatic heterocycles. The fourth-order valence-electron chi connectivity index (χ4n) is 5.68. The minimum atomic E-state index is 0.334. The van der Waals surface area contributed by atoms with Crippen molar-refractivity contribution in [1.82, 2.24) is 34.6 Å². The highest BCUT2D eigenvalue weighted by Gasteiger charge is 2.25. The standard InChI is InChI=1S/C30H36N8O3/c1-18(2)37-24-13-9-19(15-23(24)34-36-37)10-14-27-32-29-22-7-6-8-25(40-4)28(22)33-30(38(29)35-27)31-17-20-11-12-21(39-3)16-26(20)41-5/h6-8,11-12,16,18-19H,9-10,13-15,17H2,1-5H3,(H,31,33)/t19-/m1/s1. The molecule has 1 aliphatic carbocycles. The highest BCUT2D eigenvalue weighted by molar-refractivity contribution is 5.95. The van der Waals surface area contributed by atoms with Crippen LogP contribution in [0.5, 0.6) is 17.2 Å². The second kappa shape index (κ2) is 11.2. The predicted molar refractivity (Wildman–Crippen MR) is 156 cm³/mol. The molecule has 3 aromatic heterocycles. The lowest BCUT2D eigenvalue weighted by molar-refractivity contribution is 0.391. The van der Waals surface area contributed by atoms with Gasteiger partial charge in [0.25, 0.3) is 0 Å². The van der Waals surface area contributed by atoms with E-state index < -0.39 is 0 Å². The average molecular weight is 557 g/mol. The Morgan fingerprint density at radius 1 is 1.02 bits per heavy atom. The van der Waals surface area contributed by atoms with E-state index in [0.29, 0.717) is 30.2 Å². The first-order valence-electron chi connectivity index (χ1n) is 14.1. The van der Waals surface area contributed by atoms with E-state index in [1.54, 1.807) is 25.8 Å². The first kappa shape index (κ1) is 26.8. The number of ether oxygens (including phenoxy) is 3. The van der Waals surface area contributed by atoms with Crippen molar-refractivity contribution in [3.05, 3.63) is 59.2 Å². The highest BCUT2D eigenvalue weighted by Crippen LogP contribution is 2.31. The number of fused-ring (bicyclic) bond motifs is 4. The Labute approximate surface area is 238 Å². The van der Waals surface area contributed by atoms with Gasteiger partial charge in [0.05, 0.1) is 32.7 Å². The molecule has 0 unspecified atom stereocenters. The van der Waals surface area contributed by atoms with Gasteiger partial charge in [0.1, 0.15) is 22.8 Å². The van der Waals surface area contributed by atoms with Crippen LogP contribution in [-0.4, -0.2) is 55.9 Å². The molecular formula is C30H36N8O3. The maximum absolute atomic E-state index is 5.64. The summed E-state index contributed by atoms with van der Waals surface area (Å²) in [5, 5.41) is 18.1. The third kappa shape index (κ3) is 5.12. The molecule has 0 bridgehead atoms. The van der Waals surface area contributed by atoms with E-state index in [4.69, 9.17) is 29.3 Å². The lowest BCUT2D eigenvalue weighted by Crippen LogP contribution is -2.18. The Kier molecular flexibility index (Phi) is 7.34. The number of aryl methyl sites for hydroxylation is 1. The van der Waals surface area contributed by atoms with Gasteiger partial charge in [0.2, 0.25) is 5.95 Å². The first-order valence-corrected chi connectivity index (χ1v) is 14.1. The summed E-state index contributed by atoms with van der Waals surface area (Å²) in [6.45, 7) is 4.79. The zero-order valence-electron chi connectivity index (χ0n) is 24.2. The number of anilines is 1. The lowest BCUT2D eigenvalue weighted by atomic mass is 9.86. The molecule has 1 atom stereocenters. The lowest BCUT2D eigenvalue weighted by Gasteiger charge is -2.22. The summed E-state index contributed by atoms with van der Waals surface area (Å²) in [6, 6.07) is 12.0. The molecule has 11 nitrogen and oxygen atoms in total. The Morgan fingerprint density at radius 2 is 1.88 bits per heavy atom. The van der Waals surface area contributed by atoms with E-state index in [1.807, 2.05) is 36.4 Å². The Balaban J connectivity index is 1.27. The zero-order chi connectivity index (χ0) is 28.5. The van der Waals surface area contributed by atoms with E-state index >= 15 is 0 Å². The number of para-hydroxylation sites is 1. The number of benzene rings is 2. The van der Waals surface area contributed by atoms with Crippen molar-refractivity contribution in [3.63, 3.8) is 0 Å². The number of nitrogens with zero attached hydrogens (tertiary/aromatic N) is 7. The number of methoxy groups -OCH3 is 3. The number of rotatable bonds is 10. The molecular weight excluding hydrogens is 520 g/mol. The van der Waals surface area contributed by atoms with Crippen LogP contribution in [0.1, 0.15) is 55.5 Å². The topological polar surface area (TPSA) is 114 Å². The van der Waals surface area contributed by atoms with Crippen molar-refractivity contribution in [2.24, 2.45) is 5.92 Å². The van der Waals surface area contributed by atoms with Crippen molar-refractivity contribution < 1.29 is 14.2 Å². The van der Waals surface area contributed by atoms with Crippen LogP contribution in [0, 0.1) is 5.92 Å². The Bertz CT molecular complexity index is 1690. The molecule has 0 radical (unpaired) electrons. The Hall–Kier alpha value is -4.41. The number of nitrogens with one attached hydrogen (secondary N) is 1. The molecule has 3 heterocycles. The first-order chi connectivity index (χ1) is 20.0. The van der Waals surface area contributed by atoms with E-state index in [1.165, 1.54) is 5.69 Å². The smallest absolute Gasteiger partial charge is 0.226 e. The molecule has 0 spiro atoms. The molecule has 5 aromatic rings. The molecule has 0 saturated heterocycles. The van der Waals surface area contributed by atoms with Crippen LogP contribution < -0.4 is 19.5 Å². The number of hydrogen-bond acceptors (Lipinski definition) is 9. The normalized spacial score (nSPS) is 14.9. The van der Waals surface area contributed by atoms with Crippen molar-refractivity contribution in [2.45, 2.75) is 58.5 Å². The quantitative estimate of drug-likeness (QED) is 0.258. The molecule has 0 fully saturated rings. The minimum absolute atomic E-state index is 0.334. The minimum Gasteiger partial charge on any atom is -0.497 e.